The second kappa shape index (κ2) is 6.02. The van der Waals surface area contributed by atoms with Crippen LogP contribution in [0.3, 0.4) is 0 Å². The van der Waals surface area contributed by atoms with Crippen molar-refractivity contribution in [3.05, 3.63) is 51.8 Å². The molecule has 1 aromatic heterocycles. The molecule has 0 saturated heterocycles. The van der Waals surface area contributed by atoms with Crippen LogP contribution in [0.4, 0.5) is 0 Å². The van der Waals surface area contributed by atoms with Gasteiger partial charge in [-0.05, 0) is 43.0 Å². The van der Waals surface area contributed by atoms with Crippen molar-refractivity contribution in [2.75, 3.05) is 0 Å². The summed E-state index contributed by atoms with van der Waals surface area (Å²) in [6, 6.07) is 9.92. The van der Waals surface area contributed by atoms with Gasteiger partial charge in [-0.25, -0.2) is 0 Å². The van der Waals surface area contributed by atoms with E-state index in [0.29, 0.717) is 11.6 Å². The van der Waals surface area contributed by atoms with Crippen LogP contribution in [0.25, 0.3) is 0 Å². The molecule has 21 heavy (non-hydrogen) atoms. The zero-order chi connectivity index (χ0) is 14.8. The van der Waals surface area contributed by atoms with Gasteiger partial charge in [0, 0.05) is 16.1 Å². The van der Waals surface area contributed by atoms with E-state index in [1.807, 2.05) is 30.3 Å². The van der Waals surface area contributed by atoms with Crippen LogP contribution in [-0.2, 0) is 0 Å². The highest BCUT2D eigenvalue weighted by molar-refractivity contribution is 9.10. The summed E-state index contributed by atoms with van der Waals surface area (Å²) in [7, 11) is 0. The Morgan fingerprint density at radius 2 is 2.14 bits per heavy atom. The summed E-state index contributed by atoms with van der Waals surface area (Å²) < 4.78 is 1.04. The van der Waals surface area contributed by atoms with Crippen LogP contribution in [0.15, 0.2) is 34.8 Å². The lowest BCUT2D eigenvalue weighted by Crippen LogP contribution is -2.28. The Morgan fingerprint density at radius 3 is 2.76 bits per heavy atom. The molecule has 1 heterocycles. The standard InChI is InChI=1S/C16H18BrN3O/c1-2-13(10-5-7-12(17)8-6-10)18-16(21)15-9-14(19-20-15)11-3-4-11/h5-9,11,13H,2-4H2,1H3,(H,18,21)(H,19,20). The number of hydrogen-bond donors (Lipinski definition) is 2. The first kappa shape index (κ1) is 14.3. The summed E-state index contributed by atoms with van der Waals surface area (Å²) >= 11 is 3.42. The Morgan fingerprint density at radius 1 is 1.43 bits per heavy atom. The summed E-state index contributed by atoms with van der Waals surface area (Å²) in [5.74, 6) is 0.459. The van der Waals surface area contributed by atoms with E-state index in [-0.39, 0.29) is 11.9 Å². The monoisotopic (exact) mass is 347 g/mol. The van der Waals surface area contributed by atoms with E-state index in [2.05, 4.69) is 38.4 Å². The zero-order valence-corrected chi connectivity index (χ0v) is 13.5. The highest BCUT2D eigenvalue weighted by atomic mass is 79.9. The van der Waals surface area contributed by atoms with Crippen LogP contribution < -0.4 is 5.32 Å². The number of amides is 1. The van der Waals surface area contributed by atoms with Crippen molar-refractivity contribution in [1.82, 2.24) is 15.5 Å². The molecule has 1 atom stereocenters. The number of nitrogens with one attached hydrogen (secondary N) is 2. The van der Waals surface area contributed by atoms with Crippen molar-refractivity contribution >= 4 is 21.8 Å². The molecule has 1 aromatic carbocycles. The first-order chi connectivity index (χ1) is 10.2. The molecule has 0 spiro atoms. The van der Waals surface area contributed by atoms with E-state index >= 15 is 0 Å². The van der Waals surface area contributed by atoms with Crippen molar-refractivity contribution in [2.45, 2.75) is 38.1 Å². The molecular formula is C16H18BrN3O. The zero-order valence-electron chi connectivity index (χ0n) is 11.9. The average Bonchev–Trinajstić information content (AvgIpc) is 3.23. The van der Waals surface area contributed by atoms with Crippen LogP contribution in [0.2, 0.25) is 0 Å². The van der Waals surface area contributed by atoms with Gasteiger partial charge in [-0.2, -0.15) is 5.10 Å². The first-order valence-corrected chi connectivity index (χ1v) is 8.08. The van der Waals surface area contributed by atoms with E-state index in [4.69, 9.17) is 0 Å². The van der Waals surface area contributed by atoms with Gasteiger partial charge in [-0.1, -0.05) is 35.0 Å². The molecule has 2 N–H and O–H groups in total. The molecule has 1 amide bonds. The molecule has 1 unspecified atom stereocenters. The van der Waals surface area contributed by atoms with Crippen molar-refractivity contribution in [1.29, 1.82) is 0 Å². The van der Waals surface area contributed by atoms with E-state index in [9.17, 15) is 4.79 Å². The lowest BCUT2D eigenvalue weighted by atomic mass is 10.0. The third-order valence-electron chi connectivity index (χ3n) is 3.83. The Balaban J connectivity index is 1.70. The topological polar surface area (TPSA) is 57.8 Å². The fourth-order valence-electron chi connectivity index (χ4n) is 2.40. The van der Waals surface area contributed by atoms with Gasteiger partial charge in [0.2, 0.25) is 0 Å². The van der Waals surface area contributed by atoms with E-state index in [1.165, 1.54) is 12.8 Å². The van der Waals surface area contributed by atoms with Crippen molar-refractivity contribution in [3.63, 3.8) is 0 Å². The molecule has 0 radical (unpaired) electrons. The van der Waals surface area contributed by atoms with Crippen molar-refractivity contribution in [3.8, 4) is 0 Å². The number of halogens is 1. The smallest absolute Gasteiger partial charge is 0.272 e. The summed E-state index contributed by atoms with van der Waals surface area (Å²) in [6.07, 6.45) is 3.23. The lowest BCUT2D eigenvalue weighted by molar-refractivity contribution is 0.0930. The van der Waals surface area contributed by atoms with Gasteiger partial charge in [0.1, 0.15) is 5.69 Å². The summed E-state index contributed by atoms with van der Waals surface area (Å²) in [6.45, 7) is 2.06. The van der Waals surface area contributed by atoms with Gasteiger partial charge in [0.25, 0.3) is 5.91 Å². The number of aromatic nitrogens is 2. The number of carbonyl (C=O) groups excluding carboxylic acids is 1. The Labute approximate surface area is 132 Å². The minimum atomic E-state index is -0.118. The second-order valence-electron chi connectivity index (χ2n) is 5.47. The van der Waals surface area contributed by atoms with Crippen LogP contribution in [0.1, 0.15) is 59.9 Å². The van der Waals surface area contributed by atoms with E-state index in [1.54, 1.807) is 0 Å². The van der Waals surface area contributed by atoms with Gasteiger partial charge >= 0.3 is 0 Å². The molecular weight excluding hydrogens is 330 g/mol. The fourth-order valence-corrected chi connectivity index (χ4v) is 2.67. The summed E-state index contributed by atoms with van der Waals surface area (Å²) in [5.41, 5.74) is 2.66. The first-order valence-electron chi connectivity index (χ1n) is 7.29. The van der Waals surface area contributed by atoms with Crippen molar-refractivity contribution < 1.29 is 4.79 Å². The minimum absolute atomic E-state index is 0.00618. The normalized spacial score (nSPS) is 15.7. The molecule has 1 fully saturated rings. The Hall–Kier alpha value is -1.62. The van der Waals surface area contributed by atoms with Gasteiger partial charge in [-0.15, -0.1) is 0 Å². The number of benzene rings is 1. The molecule has 1 aliphatic carbocycles. The highest BCUT2D eigenvalue weighted by Crippen LogP contribution is 2.39. The molecule has 4 nitrogen and oxygen atoms in total. The molecule has 3 rings (SSSR count). The predicted molar refractivity (Wildman–Crippen MR) is 85.2 cm³/mol. The minimum Gasteiger partial charge on any atom is -0.344 e. The van der Waals surface area contributed by atoms with Crippen LogP contribution in [-0.4, -0.2) is 16.1 Å². The predicted octanol–water partition coefficient (Wildman–Crippen LogP) is 3.93. The molecule has 0 aliphatic heterocycles. The molecule has 0 bridgehead atoms. The Bertz CT molecular complexity index is 631. The van der Waals surface area contributed by atoms with Crippen LogP contribution in [0.5, 0.6) is 0 Å². The maximum Gasteiger partial charge on any atom is 0.272 e. The lowest BCUT2D eigenvalue weighted by Gasteiger charge is -2.16. The third kappa shape index (κ3) is 3.35. The molecule has 1 saturated carbocycles. The van der Waals surface area contributed by atoms with Crippen LogP contribution >= 0.6 is 15.9 Å². The summed E-state index contributed by atoms with van der Waals surface area (Å²) in [4.78, 5) is 12.3. The largest absolute Gasteiger partial charge is 0.344 e. The highest BCUT2D eigenvalue weighted by Gasteiger charge is 2.26. The number of carbonyl (C=O) groups is 1. The number of hydrogen-bond acceptors (Lipinski definition) is 2. The van der Waals surface area contributed by atoms with E-state index < -0.39 is 0 Å². The Kier molecular flexibility index (Phi) is 4.10. The van der Waals surface area contributed by atoms with Crippen LogP contribution in [0, 0.1) is 0 Å². The van der Waals surface area contributed by atoms with Crippen molar-refractivity contribution in [2.24, 2.45) is 0 Å². The van der Waals surface area contributed by atoms with Gasteiger partial charge in [0.15, 0.2) is 0 Å². The number of aromatic amines is 1. The maximum atomic E-state index is 12.3. The molecule has 110 valence electrons. The second-order valence-corrected chi connectivity index (χ2v) is 6.38. The van der Waals surface area contributed by atoms with E-state index in [0.717, 1.165) is 22.2 Å². The summed E-state index contributed by atoms with van der Waals surface area (Å²) in [5, 5.41) is 10.2. The SMILES string of the molecule is CCC(NC(=O)c1cc(C2CC2)[nH]n1)c1ccc(Br)cc1. The number of H-pyrrole nitrogens is 1. The third-order valence-corrected chi connectivity index (χ3v) is 4.36. The maximum absolute atomic E-state index is 12.3. The molecule has 5 heteroatoms. The number of nitrogens with zero attached hydrogens (tertiary/aromatic N) is 1. The molecule has 2 aromatic rings. The fraction of sp³-hybridized carbons (Fsp3) is 0.375. The van der Waals surface area contributed by atoms with Gasteiger partial charge in [-0.3, -0.25) is 9.89 Å². The average molecular weight is 348 g/mol. The van der Waals surface area contributed by atoms with Gasteiger partial charge in [0.05, 0.1) is 6.04 Å². The number of rotatable bonds is 5. The molecule has 1 aliphatic rings. The van der Waals surface area contributed by atoms with Gasteiger partial charge < -0.3 is 5.32 Å². The quantitative estimate of drug-likeness (QED) is 0.860.